The van der Waals surface area contributed by atoms with Crippen LogP contribution in [0.15, 0.2) is 18.2 Å². The number of nitrogens with one attached hydrogen (secondary N) is 3. The molecule has 22 heavy (non-hydrogen) atoms. The highest BCUT2D eigenvalue weighted by Crippen LogP contribution is 2.23. The molecule has 0 radical (unpaired) electrons. The molecule has 2 amide bonds. The molecule has 0 aromatic heterocycles. The van der Waals surface area contributed by atoms with E-state index in [4.69, 9.17) is 5.21 Å². The maximum Gasteiger partial charge on any atom is 0.274 e. The third-order valence-electron chi connectivity index (χ3n) is 4.52. The molecular weight excluding hydrogens is 282 g/mol. The Morgan fingerprint density at radius 1 is 1.23 bits per heavy atom. The molecule has 4 N–H and O–H groups in total. The molecule has 2 aliphatic rings. The van der Waals surface area contributed by atoms with E-state index in [1.54, 1.807) is 17.6 Å². The van der Waals surface area contributed by atoms with E-state index in [1.807, 2.05) is 6.07 Å². The van der Waals surface area contributed by atoms with Crippen molar-refractivity contribution in [2.24, 2.45) is 0 Å². The number of amides is 2. The molecule has 1 fully saturated rings. The highest BCUT2D eigenvalue weighted by atomic mass is 16.5. The van der Waals surface area contributed by atoms with Crippen molar-refractivity contribution in [2.45, 2.75) is 44.2 Å². The summed E-state index contributed by atoms with van der Waals surface area (Å²) in [5.74, 6) is -0.431. The van der Waals surface area contributed by atoms with Crippen LogP contribution in [0.1, 0.15) is 40.7 Å². The molecule has 3 rings (SSSR count). The molecule has 6 nitrogen and oxygen atoms in total. The Labute approximate surface area is 129 Å². The maximum atomic E-state index is 12.2. The van der Waals surface area contributed by atoms with Gasteiger partial charge in [0, 0.05) is 11.6 Å². The molecule has 2 atom stereocenters. The van der Waals surface area contributed by atoms with Crippen LogP contribution in [-0.2, 0) is 17.6 Å². The zero-order valence-corrected chi connectivity index (χ0v) is 12.4. The molecule has 1 aromatic rings. The number of benzene rings is 1. The molecular formula is C16H21N3O3. The Morgan fingerprint density at radius 2 is 2.09 bits per heavy atom. The van der Waals surface area contributed by atoms with E-state index in [2.05, 4.69) is 10.6 Å². The van der Waals surface area contributed by atoms with Crippen LogP contribution < -0.4 is 16.1 Å². The molecule has 0 spiro atoms. The summed E-state index contributed by atoms with van der Waals surface area (Å²) >= 11 is 0. The van der Waals surface area contributed by atoms with E-state index >= 15 is 0 Å². The number of carbonyl (C=O) groups is 2. The van der Waals surface area contributed by atoms with E-state index in [9.17, 15) is 9.59 Å². The smallest absolute Gasteiger partial charge is 0.274 e. The number of rotatable bonds is 3. The number of hydroxylamine groups is 1. The van der Waals surface area contributed by atoms with Gasteiger partial charge in [0.1, 0.15) is 0 Å². The fourth-order valence-electron chi connectivity index (χ4n) is 3.30. The zero-order chi connectivity index (χ0) is 15.5. The first-order valence-corrected chi connectivity index (χ1v) is 7.77. The monoisotopic (exact) mass is 303 g/mol. The third-order valence-corrected chi connectivity index (χ3v) is 4.52. The van der Waals surface area contributed by atoms with Crippen LogP contribution in [0.2, 0.25) is 0 Å². The number of aryl methyl sites for hydroxylation is 1. The Bertz CT molecular complexity index is 582. The van der Waals surface area contributed by atoms with Gasteiger partial charge < -0.3 is 10.6 Å². The van der Waals surface area contributed by atoms with Crippen molar-refractivity contribution < 1.29 is 14.8 Å². The van der Waals surface area contributed by atoms with Crippen molar-refractivity contribution in [2.75, 3.05) is 6.54 Å². The summed E-state index contributed by atoms with van der Waals surface area (Å²) in [4.78, 5) is 23.7. The summed E-state index contributed by atoms with van der Waals surface area (Å²) in [5.41, 5.74) is 4.36. The quantitative estimate of drug-likeness (QED) is 0.484. The van der Waals surface area contributed by atoms with Crippen LogP contribution in [0.3, 0.4) is 0 Å². The van der Waals surface area contributed by atoms with Crippen molar-refractivity contribution in [3.63, 3.8) is 0 Å². The average Bonchev–Trinajstić information content (AvgIpc) is 3.08. The summed E-state index contributed by atoms with van der Waals surface area (Å²) in [6.07, 6.45) is 4.47. The first-order chi connectivity index (χ1) is 10.7. The molecule has 2 unspecified atom stereocenters. The second-order valence-electron chi connectivity index (χ2n) is 6.02. The lowest BCUT2D eigenvalue weighted by Gasteiger charge is -2.27. The van der Waals surface area contributed by atoms with Gasteiger partial charge in [-0.25, -0.2) is 5.48 Å². The summed E-state index contributed by atoms with van der Waals surface area (Å²) in [6, 6.07) is 5.48. The number of hydrogen-bond donors (Lipinski definition) is 4. The lowest BCUT2D eigenvalue weighted by atomic mass is 9.87. The van der Waals surface area contributed by atoms with Crippen LogP contribution in [-0.4, -0.2) is 35.7 Å². The first-order valence-electron chi connectivity index (χ1n) is 7.77. The lowest BCUT2D eigenvalue weighted by molar-refractivity contribution is -0.123. The Balaban J connectivity index is 1.67. The Hall–Kier alpha value is -1.92. The van der Waals surface area contributed by atoms with Crippen molar-refractivity contribution in [1.82, 2.24) is 16.1 Å². The van der Waals surface area contributed by atoms with Gasteiger partial charge in [-0.2, -0.15) is 0 Å². The molecule has 1 heterocycles. The van der Waals surface area contributed by atoms with E-state index in [1.165, 1.54) is 5.56 Å². The molecule has 6 heteroatoms. The van der Waals surface area contributed by atoms with E-state index < -0.39 is 5.91 Å². The normalized spacial score (nSPS) is 23.7. The summed E-state index contributed by atoms with van der Waals surface area (Å²) < 4.78 is 0. The van der Waals surface area contributed by atoms with E-state index in [0.717, 1.165) is 44.2 Å². The fraction of sp³-hybridized carbons (Fsp3) is 0.500. The lowest BCUT2D eigenvalue weighted by Crippen LogP contribution is -2.47. The van der Waals surface area contributed by atoms with Crippen LogP contribution >= 0.6 is 0 Å². The van der Waals surface area contributed by atoms with E-state index in [0.29, 0.717) is 5.56 Å². The first kappa shape index (κ1) is 15.0. The SMILES string of the molecule is O=C(NO)c1ccc2c(c1)CC(NC(=O)C1CCCN1)CC2. The molecule has 1 saturated heterocycles. The highest BCUT2D eigenvalue weighted by molar-refractivity contribution is 5.93. The van der Waals surface area contributed by atoms with Gasteiger partial charge in [0.25, 0.3) is 5.91 Å². The minimum Gasteiger partial charge on any atom is -0.352 e. The highest BCUT2D eigenvalue weighted by Gasteiger charge is 2.26. The van der Waals surface area contributed by atoms with Crippen molar-refractivity contribution in [1.29, 1.82) is 0 Å². The molecule has 118 valence electrons. The topological polar surface area (TPSA) is 90.5 Å². The third kappa shape index (κ3) is 3.13. The minimum absolute atomic E-state index is 0.0621. The number of carbonyl (C=O) groups excluding carboxylic acids is 2. The predicted octanol–water partition coefficient (Wildman–Crippen LogP) is 0.531. The molecule has 1 aromatic carbocycles. The average molecular weight is 303 g/mol. The summed E-state index contributed by atoms with van der Waals surface area (Å²) in [6.45, 7) is 0.908. The van der Waals surface area contributed by atoms with E-state index in [-0.39, 0.29) is 18.0 Å². The van der Waals surface area contributed by atoms with Gasteiger partial charge >= 0.3 is 0 Å². The van der Waals surface area contributed by atoms with Gasteiger partial charge in [0.15, 0.2) is 0 Å². The van der Waals surface area contributed by atoms with Crippen molar-refractivity contribution in [3.05, 3.63) is 34.9 Å². The van der Waals surface area contributed by atoms with Crippen LogP contribution in [0.4, 0.5) is 0 Å². The molecule has 1 aliphatic heterocycles. The van der Waals surface area contributed by atoms with Gasteiger partial charge in [-0.1, -0.05) is 6.07 Å². The molecule has 1 aliphatic carbocycles. The Kier molecular flexibility index (Phi) is 4.40. The van der Waals surface area contributed by atoms with Crippen molar-refractivity contribution in [3.8, 4) is 0 Å². The second kappa shape index (κ2) is 6.46. The standard InChI is InChI=1S/C16H21N3O3/c20-15(19-22)11-4-3-10-5-6-13(9-12(10)8-11)18-16(21)14-2-1-7-17-14/h3-4,8,13-14,17,22H,1-2,5-7,9H2,(H,18,21)(H,19,20). The van der Waals surface area contributed by atoms with Gasteiger partial charge in [-0.3, -0.25) is 14.8 Å². The minimum atomic E-state index is -0.510. The number of hydrogen-bond acceptors (Lipinski definition) is 4. The number of fused-ring (bicyclic) bond motifs is 1. The molecule has 0 saturated carbocycles. The maximum absolute atomic E-state index is 12.2. The zero-order valence-electron chi connectivity index (χ0n) is 12.4. The Morgan fingerprint density at radius 3 is 2.82 bits per heavy atom. The fourth-order valence-corrected chi connectivity index (χ4v) is 3.30. The largest absolute Gasteiger partial charge is 0.352 e. The van der Waals surface area contributed by atoms with Crippen molar-refractivity contribution >= 4 is 11.8 Å². The predicted molar refractivity (Wildman–Crippen MR) is 80.7 cm³/mol. The van der Waals surface area contributed by atoms with Gasteiger partial charge in [-0.05, 0) is 61.9 Å². The second-order valence-corrected chi connectivity index (χ2v) is 6.02. The molecule has 0 bridgehead atoms. The van der Waals surface area contributed by atoms with Gasteiger partial charge in [0.2, 0.25) is 5.91 Å². The van der Waals surface area contributed by atoms with Gasteiger partial charge in [0.05, 0.1) is 6.04 Å². The summed E-state index contributed by atoms with van der Waals surface area (Å²) in [7, 11) is 0. The van der Waals surface area contributed by atoms with Crippen LogP contribution in [0.5, 0.6) is 0 Å². The van der Waals surface area contributed by atoms with Crippen LogP contribution in [0.25, 0.3) is 0 Å². The summed E-state index contributed by atoms with van der Waals surface area (Å²) in [5, 5.41) is 15.0. The van der Waals surface area contributed by atoms with Crippen LogP contribution in [0, 0.1) is 0 Å². The van der Waals surface area contributed by atoms with Gasteiger partial charge in [-0.15, -0.1) is 0 Å².